The van der Waals surface area contributed by atoms with Crippen LogP contribution in [-0.2, 0) is 13.0 Å². The number of fused-ring (bicyclic) bond motifs is 1. The van der Waals surface area contributed by atoms with E-state index in [9.17, 15) is 9.59 Å². The van der Waals surface area contributed by atoms with Crippen molar-refractivity contribution in [2.24, 2.45) is 0 Å². The second-order valence-corrected chi connectivity index (χ2v) is 7.07. The molecule has 0 bridgehead atoms. The Labute approximate surface area is 160 Å². The predicted molar refractivity (Wildman–Crippen MR) is 106 cm³/mol. The summed E-state index contributed by atoms with van der Waals surface area (Å²) in [6.07, 6.45) is 2.78. The Bertz CT molecular complexity index is 865. The van der Waals surface area contributed by atoms with Gasteiger partial charge in [-0.05, 0) is 70.2 Å². The summed E-state index contributed by atoms with van der Waals surface area (Å²) in [7, 11) is 0. The number of carbonyl (C=O) groups excluding carboxylic acids is 2. The monoisotopic (exact) mass is 368 g/mol. The Morgan fingerprint density at radius 1 is 1.15 bits per heavy atom. The molecule has 6 nitrogen and oxygen atoms in total. The molecular formula is C21H28N4O2. The highest BCUT2D eigenvalue weighted by molar-refractivity contribution is 6.05. The number of rotatable bonds is 5. The quantitative estimate of drug-likeness (QED) is 0.877. The number of hydrogen-bond acceptors (Lipinski definition) is 3. The van der Waals surface area contributed by atoms with E-state index in [4.69, 9.17) is 0 Å². The zero-order chi connectivity index (χ0) is 19.6. The lowest BCUT2D eigenvalue weighted by molar-refractivity contribution is 0.0754. The molecular weight excluding hydrogens is 340 g/mol. The fraction of sp³-hybridized carbons (Fsp3) is 0.476. The third kappa shape index (κ3) is 3.75. The average Bonchev–Trinajstić information content (AvgIpc) is 3.05. The van der Waals surface area contributed by atoms with Gasteiger partial charge < -0.3 is 14.8 Å². The number of aryl methyl sites for hydroxylation is 2. The molecule has 1 aromatic carbocycles. The van der Waals surface area contributed by atoms with Crippen LogP contribution in [0.15, 0.2) is 18.2 Å². The topological polar surface area (TPSA) is 67.2 Å². The third-order valence-corrected chi connectivity index (χ3v) is 5.34. The second kappa shape index (κ2) is 7.94. The fourth-order valence-electron chi connectivity index (χ4n) is 3.55. The Kier molecular flexibility index (Phi) is 5.63. The number of benzene rings is 1. The van der Waals surface area contributed by atoms with Crippen LogP contribution in [0.2, 0.25) is 0 Å². The molecule has 144 valence electrons. The zero-order valence-corrected chi connectivity index (χ0v) is 16.6. The van der Waals surface area contributed by atoms with Crippen molar-refractivity contribution in [3.8, 4) is 0 Å². The van der Waals surface area contributed by atoms with Crippen LogP contribution < -0.4 is 5.32 Å². The average molecular weight is 368 g/mol. The lowest BCUT2D eigenvalue weighted by Crippen LogP contribution is -2.33. The molecule has 0 radical (unpaired) electrons. The number of imidazole rings is 1. The van der Waals surface area contributed by atoms with Gasteiger partial charge in [-0.25, -0.2) is 4.98 Å². The summed E-state index contributed by atoms with van der Waals surface area (Å²) in [6.45, 7) is 9.96. The van der Waals surface area contributed by atoms with E-state index in [0.717, 1.165) is 42.8 Å². The van der Waals surface area contributed by atoms with E-state index >= 15 is 0 Å². The van der Waals surface area contributed by atoms with Crippen molar-refractivity contribution >= 4 is 17.5 Å². The lowest BCUT2D eigenvalue weighted by Gasteiger charge is -2.21. The number of anilines is 1. The van der Waals surface area contributed by atoms with Crippen LogP contribution >= 0.6 is 0 Å². The van der Waals surface area contributed by atoms with Crippen LogP contribution in [0, 0.1) is 13.8 Å². The molecule has 1 aliphatic heterocycles. The van der Waals surface area contributed by atoms with E-state index in [-0.39, 0.29) is 11.8 Å². The summed E-state index contributed by atoms with van der Waals surface area (Å²) in [5.74, 6) is 0.0366. The summed E-state index contributed by atoms with van der Waals surface area (Å²) >= 11 is 0. The number of amides is 2. The normalized spacial score (nSPS) is 13.2. The van der Waals surface area contributed by atoms with Crippen molar-refractivity contribution in [2.75, 3.05) is 18.4 Å². The molecule has 6 heteroatoms. The summed E-state index contributed by atoms with van der Waals surface area (Å²) < 4.78 is 1.94. The molecule has 0 fully saturated rings. The standard InChI is InChI=1S/C21H28N4O2/c1-5-24(6-2)21(27)19-23-18(17-9-7-8-12-25(17)19)20(26)22-16-11-10-14(3)15(4)13-16/h10-11,13H,5-9,12H2,1-4H3,(H,22,26). The smallest absolute Gasteiger partial charge is 0.289 e. The molecule has 2 amide bonds. The first kappa shape index (κ1) is 19.1. The van der Waals surface area contributed by atoms with Gasteiger partial charge in [0, 0.05) is 25.3 Å². The molecule has 0 aliphatic carbocycles. The Hall–Kier alpha value is -2.63. The largest absolute Gasteiger partial charge is 0.337 e. The van der Waals surface area contributed by atoms with Crippen LogP contribution in [0.5, 0.6) is 0 Å². The van der Waals surface area contributed by atoms with E-state index in [1.54, 1.807) is 4.90 Å². The zero-order valence-electron chi connectivity index (χ0n) is 16.6. The van der Waals surface area contributed by atoms with Crippen LogP contribution in [0.25, 0.3) is 0 Å². The summed E-state index contributed by atoms with van der Waals surface area (Å²) in [4.78, 5) is 32.0. The minimum Gasteiger partial charge on any atom is -0.337 e. The molecule has 0 saturated carbocycles. The number of hydrogen-bond donors (Lipinski definition) is 1. The van der Waals surface area contributed by atoms with Crippen molar-refractivity contribution < 1.29 is 9.59 Å². The summed E-state index contributed by atoms with van der Waals surface area (Å²) in [5.41, 5.74) is 4.30. The molecule has 2 aromatic rings. The van der Waals surface area contributed by atoms with Crippen molar-refractivity contribution in [3.63, 3.8) is 0 Å². The van der Waals surface area contributed by atoms with Gasteiger partial charge in [0.15, 0.2) is 11.5 Å². The number of aromatic nitrogens is 2. The van der Waals surface area contributed by atoms with Crippen molar-refractivity contribution in [1.29, 1.82) is 0 Å². The minimum absolute atomic E-state index is 0.103. The van der Waals surface area contributed by atoms with Crippen molar-refractivity contribution in [1.82, 2.24) is 14.5 Å². The predicted octanol–water partition coefficient (Wildman–Crippen LogP) is 3.57. The van der Waals surface area contributed by atoms with Gasteiger partial charge in [0.2, 0.25) is 0 Å². The van der Waals surface area contributed by atoms with E-state index in [2.05, 4.69) is 10.3 Å². The van der Waals surface area contributed by atoms with Crippen LogP contribution in [-0.4, -0.2) is 39.4 Å². The molecule has 2 heterocycles. The molecule has 0 saturated heterocycles. The molecule has 1 N–H and O–H groups in total. The lowest BCUT2D eigenvalue weighted by atomic mass is 10.1. The Morgan fingerprint density at radius 2 is 1.89 bits per heavy atom. The highest BCUT2D eigenvalue weighted by Gasteiger charge is 2.29. The van der Waals surface area contributed by atoms with Gasteiger partial charge in [-0.1, -0.05) is 6.07 Å². The van der Waals surface area contributed by atoms with E-state index in [1.807, 2.05) is 50.5 Å². The first-order valence-corrected chi connectivity index (χ1v) is 9.73. The first-order chi connectivity index (χ1) is 13.0. The van der Waals surface area contributed by atoms with Gasteiger partial charge in [-0.15, -0.1) is 0 Å². The summed E-state index contributed by atoms with van der Waals surface area (Å²) in [5, 5.41) is 2.95. The van der Waals surface area contributed by atoms with E-state index < -0.39 is 0 Å². The molecule has 0 unspecified atom stereocenters. The Balaban J connectivity index is 1.94. The number of nitrogens with zero attached hydrogens (tertiary/aromatic N) is 3. The number of carbonyl (C=O) groups is 2. The van der Waals surface area contributed by atoms with Crippen LogP contribution in [0.1, 0.15) is 64.6 Å². The van der Waals surface area contributed by atoms with Gasteiger partial charge in [0.05, 0.1) is 5.69 Å². The highest BCUT2D eigenvalue weighted by atomic mass is 16.2. The molecule has 1 aliphatic rings. The maximum atomic E-state index is 12.9. The number of nitrogens with one attached hydrogen (secondary N) is 1. The summed E-state index contributed by atoms with van der Waals surface area (Å²) in [6, 6.07) is 5.84. The third-order valence-electron chi connectivity index (χ3n) is 5.34. The van der Waals surface area contributed by atoms with E-state index in [1.165, 1.54) is 5.56 Å². The molecule has 0 spiro atoms. The second-order valence-electron chi connectivity index (χ2n) is 7.07. The minimum atomic E-state index is -0.248. The first-order valence-electron chi connectivity index (χ1n) is 9.73. The van der Waals surface area contributed by atoms with Gasteiger partial charge in [0.25, 0.3) is 11.8 Å². The van der Waals surface area contributed by atoms with Gasteiger partial charge in [-0.2, -0.15) is 0 Å². The Morgan fingerprint density at radius 3 is 2.56 bits per heavy atom. The van der Waals surface area contributed by atoms with Crippen molar-refractivity contribution in [2.45, 2.75) is 53.5 Å². The fourth-order valence-corrected chi connectivity index (χ4v) is 3.55. The molecule has 27 heavy (non-hydrogen) atoms. The van der Waals surface area contributed by atoms with Gasteiger partial charge in [-0.3, -0.25) is 9.59 Å². The maximum absolute atomic E-state index is 12.9. The van der Waals surface area contributed by atoms with Crippen molar-refractivity contribution in [3.05, 3.63) is 46.5 Å². The van der Waals surface area contributed by atoms with Gasteiger partial charge >= 0.3 is 0 Å². The molecule has 1 aromatic heterocycles. The van der Waals surface area contributed by atoms with Crippen LogP contribution in [0.4, 0.5) is 5.69 Å². The SMILES string of the molecule is CCN(CC)C(=O)c1nc(C(=O)Nc2ccc(C)c(C)c2)c2n1CCCC2. The molecule has 0 atom stereocenters. The highest BCUT2D eigenvalue weighted by Crippen LogP contribution is 2.23. The maximum Gasteiger partial charge on any atom is 0.289 e. The molecule has 3 rings (SSSR count). The van der Waals surface area contributed by atoms with Crippen LogP contribution in [0.3, 0.4) is 0 Å². The van der Waals surface area contributed by atoms with Gasteiger partial charge in [0.1, 0.15) is 0 Å². The van der Waals surface area contributed by atoms with E-state index in [0.29, 0.717) is 24.6 Å².